The molecule has 2 N–H and O–H groups in total. The Hall–Kier alpha value is -0.770. The lowest BCUT2D eigenvalue weighted by atomic mass is 9.84. The third-order valence-corrected chi connectivity index (χ3v) is 4.03. The molecule has 0 aliphatic carbocycles. The minimum atomic E-state index is -0.457. The number of rotatable bonds is 4. The second kappa shape index (κ2) is 7.67. The van der Waals surface area contributed by atoms with E-state index in [1.165, 1.54) is 0 Å². The molecule has 1 unspecified atom stereocenters. The first-order valence-corrected chi connectivity index (χ1v) is 8.76. The first-order valence-electron chi connectivity index (χ1n) is 8.76. The van der Waals surface area contributed by atoms with E-state index in [4.69, 9.17) is 10.5 Å². The molecule has 1 rings (SSSR count). The molecule has 1 heterocycles. The molecule has 3 atom stereocenters. The molecule has 22 heavy (non-hydrogen) atoms. The first kappa shape index (κ1) is 19.3. The number of nitrogens with two attached hydrogens (primary N) is 1. The molecule has 1 aliphatic rings. The van der Waals surface area contributed by atoms with Gasteiger partial charge in [0.2, 0.25) is 0 Å². The maximum absolute atomic E-state index is 12.8. The number of nitrogens with zero attached hydrogens (tertiary/aromatic N) is 1. The molecule has 0 aromatic heterocycles. The van der Waals surface area contributed by atoms with Crippen molar-refractivity contribution in [1.29, 1.82) is 0 Å². The van der Waals surface area contributed by atoms with Crippen molar-refractivity contribution in [2.24, 2.45) is 17.6 Å². The monoisotopic (exact) mass is 312 g/mol. The van der Waals surface area contributed by atoms with Crippen molar-refractivity contribution < 1.29 is 9.53 Å². The largest absolute Gasteiger partial charge is 0.444 e. The summed E-state index contributed by atoms with van der Waals surface area (Å²) < 4.78 is 5.68. The van der Waals surface area contributed by atoms with Crippen LogP contribution in [0.4, 0.5) is 4.79 Å². The van der Waals surface area contributed by atoms with E-state index in [1.54, 1.807) is 0 Å². The van der Waals surface area contributed by atoms with E-state index in [1.807, 2.05) is 25.7 Å². The van der Waals surface area contributed by atoms with Gasteiger partial charge in [0.05, 0.1) is 0 Å². The number of likely N-dealkylation sites (tertiary alicyclic amines) is 1. The average Bonchev–Trinajstić information content (AvgIpc) is 2.22. The van der Waals surface area contributed by atoms with Crippen LogP contribution in [0.15, 0.2) is 0 Å². The van der Waals surface area contributed by atoms with Gasteiger partial charge in [-0.15, -0.1) is 0 Å². The molecule has 0 aromatic rings. The Morgan fingerprint density at radius 1 is 1.09 bits per heavy atom. The van der Waals surface area contributed by atoms with Gasteiger partial charge in [0.25, 0.3) is 0 Å². The predicted octanol–water partition coefficient (Wildman–Crippen LogP) is 4.17. The van der Waals surface area contributed by atoms with Gasteiger partial charge in [0.1, 0.15) is 5.60 Å². The summed E-state index contributed by atoms with van der Waals surface area (Å²) in [6.45, 7) is 14.6. The van der Waals surface area contributed by atoms with Crippen LogP contribution < -0.4 is 5.73 Å². The molecule has 0 spiro atoms. The highest BCUT2D eigenvalue weighted by Crippen LogP contribution is 2.31. The van der Waals surface area contributed by atoms with E-state index in [0.29, 0.717) is 11.8 Å². The number of carbonyl (C=O) groups excluding carboxylic acids is 1. The van der Waals surface area contributed by atoms with Gasteiger partial charge in [-0.3, -0.25) is 0 Å². The molecule has 0 radical (unpaired) electrons. The minimum absolute atomic E-state index is 0.171. The van der Waals surface area contributed by atoms with E-state index in [9.17, 15) is 4.79 Å². The van der Waals surface area contributed by atoms with Gasteiger partial charge < -0.3 is 15.4 Å². The third kappa shape index (κ3) is 6.15. The van der Waals surface area contributed by atoms with Crippen LogP contribution in [0.3, 0.4) is 0 Å². The molecule has 4 heteroatoms. The van der Waals surface area contributed by atoms with Crippen molar-refractivity contribution >= 4 is 6.09 Å². The molecule has 1 saturated heterocycles. The average molecular weight is 312 g/mol. The van der Waals surface area contributed by atoms with E-state index in [2.05, 4.69) is 27.7 Å². The van der Waals surface area contributed by atoms with Gasteiger partial charge in [0.15, 0.2) is 0 Å². The number of piperidine rings is 1. The van der Waals surface area contributed by atoms with Crippen LogP contribution in [0.5, 0.6) is 0 Å². The Balaban J connectivity index is 2.98. The van der Waals surface area contributed by atoms with Crippen molar-refractivity contribution in [2.75, 3.05) is 0 Å². The summed E-state index contributed by atoms with van der Waals surface area (Å²) in [4.78, 5) is 14.8. The van der Waals surface area contributed by atoms with Crippen LogP contribution in [0.1, 0.15) is 74.1 Å². The third-order valence-electron chi connectivity index (χ3n) is 4.03. The quantitative estimate of drug-likeness (QED) is 0.847. The number of hydrogen-bond donors (Lipinski definition) is 1. The number of carbonyl (C=O) groups is 1. The summed E-state index contributed by atoms with van der Waals surface area (Å²) >= 11 is 0. The van der Waals surface area contributed by atoms with Crippen LogP contribution in [-0.4, -0.2) is 34.7 Å². The lowest BCUT2D eigenvalue weighted by molar-refractivity contribution is -0.0142. The highest BCUT2D eigenvalue weighted by Gasteiger charge is 2.39. The molecule has 130 valence electrons. The van der Waals surface area contributed by atoms with Crippen LogP contribution >= 0.6 is 0 Å². The van der Waals surface area contributed by atoms with E-state index >= 15 is 0 Å². The maximum Gasteiger partial charge on any atom is 0.410 e. The summed E-state index contributed by atoms with van der Waals surface area (Å²) in [5.74, 6) is 1.08. The normalized spacial score (nSPS) is 26.6. The van der Waals surface area contributed by atoms with Gasteiger partial charge >= 0.3 is 6.09 Å². The van der Waals surface area contributed by atoms with Gasteiger partial charge in [-0.05, 0) is 58.3 Å². The van der Waals surface area contributed by atoms with Gasteiger partial charge in [0, 0.05) is 18.1 Å². The zero-order valence-electron chi connectivity index (χ0n) is 15.6. The standard InChI is InChI=1S/C18H36N2O2/c1-12(2)8-15-10-14(19)11-16(9-13(3)4)20(15)17(21)22-18(5,6)7/h12-16H,8-11,19H2,1-7H3/t14?,15-,16+. The molecule has 1 amide bonds. The summed E-state index contributed by atoms with van der Waals surface area (Å²) in [6, 6.07) is 0.580. The Labute approximate surface area is 136 Å². The van der Waals surface area contributed by atoms with E-state index in [-0.39, 0.29) is 24.2 Å². The Bertz CT molecular complexity index is 337. The molecule has 0 saturated carbocycles. The predicted molar refractivity (Wildman–Crippen MR) is 91.8 cm³/mol. The van der Waals surface area contributed by atoms with Crippen LogP contribution in [0.25, 0.3) is 0 Å². The fourth-order valence-electron chi connectivity index (χ4n) is 3.44. The lowest BCUT2D eigenvalue weighted by Gasteiger charge is -2.45. The van der Waals surface area contributed by atoms with E-state index in [0.717, 1.165) is 25.7 Å². The fourth-order valence-corrected chi connectivity index (χ4v) is 3.44. The van der Waals surface area contributed by atoms with Crippen molar-refractivity contribution in [3.05, 3.63) is 0 Å². The van der Waals surface area contributed by atoms with Crippen LogP contribution in [-0.2, 0) is 4.74 Å². The van der Waals surface area contributed by atoms with Crippen molar-refractivity contribution in [1.82, 2.24) is 4.90 Å². The topological polar surface area (TPSA) is 55.6 Å². The first-order chi connectivity index (χ1) is 9.99. The molecule has 1 fully saturated rings. The highest BCUT2D eigenvalue weighted by molar-refractivity contribution is 5.69. The SMILES string of the molecule is CC(C)C[C@@H]1CC(N)C[C@H](CC(C)C)N1C(=O)OC(C)(C)C. The fraction of sp³-hybridized carbons (Fsp3) is 0.944. The van der Waals surface area contributed by atoms with E-state index < -0.39 is 5.60 Å². The van der Waals surface area contributed by atoms with Crippen molar-refractivity contribution in [3.8, 4) is 0 Å². The molecular weight excluding hydrogens is 276 g/mol. The molecule has 4 nitrogen and oxygen atoms in total. The summed E-state index contributed by atoms with van der Waals surface area (Å²) in [5, 5.41) is 0. The zero-order chi connectivity index (χ0) is 17.1. The smallest absolute Gasteiger partial charge is 0.410 e. The summed E-state index contributed by atoms with van der Waals surface area (Å²) in [5.41, 5.74) is 5.82. The molecule has 0 bridgehead atoms. The lowest BCUT2D eigenvalue weighted by Crippen LogP contribution is -2.57. The minimum Gasteiger partial charge on any atom is -0.444 e. The zero-order valence-corrected chi connectivity index (χ0v) is 15.6. The molecule has 0 aromatic carbocycles. The molecule has 1 aliphatic heterocycles. The summed E-state index contributed by atoms with van der Waals surface area (Å²) in [6.07, 6.45) is 3.57. The number of amides is 1. The maximum atomic E-state index is 12.8. The second-order valence-corrected chi connectivity index (χ2v) is 8.69. The van der Waals surface area contributed by atoms with Crippen LogP contribution in [0, 0.1) is 11.8 Å². The van der Waals surface area contributed by atoms with Crippen LogP contribution in [0.2, 0.25) is 0 Å². The van der Waals surface area contributed by atoms with Crippen molar-refractivity contribution in [3.63, 3.8) is 0 Å². The van der Waals surface area contributed by atoms with Crippen molar-refractivity contribution in [2.45, 2.75) is 97.9 Å². The second-order valence-electron chi connectivity index (χ2n) is 8.69. The number of ether oxygens (including phenoxy) is 1. The molecular formula is C18H36N2O2. The van der Waals surface area contributed by atoms with Gasteiger partial charge in [-0.25, -0.2) is 4.79 Å². The highest BCUT2D eigenvalue weighted by atomic mass is 16.6. The Morgan fingerprint density at radius 2 is 1.50 bits per heavy atom. The summed E-state index contributed by atoms with van der Waals surface area (Å²) in [7, 11) is 0. The van der Waals surface area contributed by atoms with Gasteiger partial charge in [-0.2, -0.15) is 0 Å². The Kier molecular flexibility index (Phi) is 6.72. The Morgan fingerprint density at radius 3 is 1.82 bits per heavy atom. The van der Waals surface area contributed by atoms with Gasteiger partial charge in [-0.1, -0.05) is 27.7 Å². The number of hydrogen-bond acceptors (Lipinski definition) is 3.